The molecular formula is C20H23ClN2O4. The van der Waals surface area contributed by atoms with Crippen LogP contribution in [0.5, 0.6) is 11.5 Å². The number of nitrogens with zero attached hydrogens (tertiary/aromatic N) is 1. The molecular weight excluding hydrogens is 368 g/mol. The first kappa shape index (κ1) is 20.6. The van der Waals surface area contributed by atoms with Gasteiger partial charge in [-0.1, -0.05) is 29.3 Å². The number of nitrogens with one attached hydrogen (secondary N) is 1. The molecule has 6 nitrogen and oxygen atoms in total. The van der Waals surface area contributed by atoms with Crippen molar-refractivity contribution in [3.8, 4) is 11.5 Å². The number of carbonyl (C=O) groups excluding carboxylic acids is 2. The summed E-state index contributed by atoms with van der Waals surface area (Å²) in [7, 11) is 2.98. The quantitative estimate of drug-likeness (QED) is 0.774. The first-order valence-corrected chi connectivity index (χ1v) is 8.79. The highest BCUT2D eigenvalue weighted by molar-refractivity contribution is 6.32. The van der Waals surface area contributed by atoms with Gasteiger partial charge >= 0.3 is 0 Å². The zero-order valence-corrected chi connectivity index (χ0v) is 16.6. The number of rotatable bonds is 7. The molecule has 0 radical (unpaired) electrons. The SMILES string of the molecule is COc1cc(NC(=O)CCN(C(C)=O)c2ccc(C)cc2)c(OC)cc1Cl. The van der Waals surface area contributed by atoms with Crippen molar-refractivity contribution in [2.75, 3.05) is 31.0 Å². The van der Waals surface area contributed by atoms with Gasteiger partial charge in [-0.25, -0.2) is 0 Å². The fraction of sp³-hybridized carbons (Fsp3) is 0.300. The number of anilines is 2. The minimum absolute atomic E-state index is 0.127. The number of amides is 2. The lowest BCUT2D eigenvalue weighted by atomic mass is 10.2. The van der Waals surface area contributed by atoms with Crippen molar-refractivity contribution >= 4 is 34.8 Å². The Morgan fingerprint density at radius 1 is 1.07 bits per heavy atom. The summed E-state index contributed by atoms with van der Waals surface area (Å²) in [6, 6.07) is 10.8. The molecule has 27 heavy (non-hydrogen) atoms. The van der Waals surface area contributed by atoms with Crippen LogP contribution >= 0.6 is 11.6 Å². The largest absolute Gasteiger partial charge is 0.495 e. The molecule has 2 rings (SSSR count). The van der Waals surface area contributed by atoms with E-state index in [1.807, 2.05) is 31.2 Å². The van der Waals surface area contributed by atoms with E-state index in [1.54, 1.807) is 17.0 Å². The summed E-state index contributed by atoms with van der Waals surface area (Å²) in [6.45, 7) is 3.71. The van der Waals surface area contributed by atoms with Crippen molar-refractivity contribution < 1.29 is 19.1 Å². The van der Waals surface area contributed by atoms with Crippen LogP contribution in [0.15, 0.2) is 36.4 Å². The summed E-state index contributed by atoms with van der Waals surface area (Å²) in [5, 5.41) is 3.16. The molecule has 2 aromatic rings. The van der Waals surface area contributed by atoms with Gasteiger partial charge in [-0.15, -0.1) is 0 Å². The molecule has 0 fully saturated rings. The normalized spacial score (nSPS) is 10.3. The third-order valence-electron chi connectivity index (χ3n) is 4.04. The Labute approximate surface area is 164 Å². The van der Waals surface area contributed by atoms with Crippen LogP contribution in [0.1, 0.15) is 18.9 Å². The number of hydrogen-bond donors (Lipinski definition) is 1. The standard InChI is InChI=1S/C20H23ClN2O4/c1-13-5-7-15(8-6-13)23(14(2)24)10-9-20(25)22-17-12-18(26-3)16(21)11-19(17)27-4/h5-8,11-12H,9-10H2,1-4H3,(H,22,25). The number of ether oxygens (including phenoxy) is 2. The Morgan fingerprint density at radius 3 is 2.26 bits per heavy atom. The van der Waals surface area contributed by atoms with E-state index >= 15 is 0 Å². The maximum Gasteiger partial charge on any atom is 0.226 e. The fourth-order valence-electron chi connectivity index (χ4n) is 2.58. The zero-order valence-electron chi connectivity index (χ0n) is 15.8. The van der Waals surface area contributed by atoms with Gasteiger partial charge in [0.15, 0.2) is 0 Å². The molecule has 2 amide bonds. The second-order valence-corrected chi connectivity index (χ2v) is 6.40. The molecule has 0 saturated carbocycles. The second kappa shape index (κ2) is 9.28. The first-order valence-electron chi connectivity index (χ1n) is 8.42. The molecule has 0 aliphatic heterocycles. The monoisotopic (exact) mass is 390 g/mol. The van der Waals surface area contributed by atoms with Crippen molar-refractivity contribution in [3.05, 3.63) is 47.0 Å². The molecule has 7 heteroatoms. The van der Waals surface area contributed by atoms with Crippen LogP contribution in [0.4, 0.5) is 11.4 Å². The van der Waals surface area contributed by atoms with Gasteiger partial charge in [0.2, 0.25) is 11.8 Å². The topological polar surface area (TPSA) is 67.9 Å². The third-order valence-corrected chi connectivity index (χ3v) is 4.33. The van der Waals surface area contributed by atoms with Gasteiger partial charge in [0.25, 0.3) is 0 Å². The van der Waals surface area contributed by atoms with E-state index in [-0.39, 0.29) is 24.8 Å². The lowest BCUT2D eigenvalue weighted by Crippen LogP contribution is -2.32. The smallest absolute Gasteiger partial charge is 0.226 e. The van der Waals surface area contributed by atoms with Crippen LogP contribution < -0.4 is 19.7 Å². The van der Waals surface area contributed by atoms with Gasteiger partial charge in [0.05, 0.1) is 24.9 Å². The van der Waals surface area contributed by atoms with E-state index in [1.165, 1.54) is 21.1 Å². The van der Waals surface area contributed by atoms with Gasteiger partial charge in [0, 0.05) is 37.7 Å². The second-order valence-electron chi connectivity index (χ2n) is 5.99. The average molecular weight is 391 g/mol. The number of hydrogen-bond acceptors (Lipinski definition) is 4. The van der Waals surface area contributed by atoms with Crippen molar-refractivity contribution in [1.29, 1.82) is 0 Å². The van der Waals surface area contributed by atoms with Crippen molar-refractivity contribution in [3.63, 3.8) is 0 Å². The molecule has 1 N–H and O–H groups in total. The summed E-state index contributed by atoms with van der Waals surface area (Å²) in [5.41, 5.74) is 2.31. The number of methoxy groups -OCH3 is 2. The number of benzene rings is 2. The maximum absolute atomic E-state index is 12.4. The van der Waals surface area contributed by atoms with Gasteiger partial charge in [-0.2, -0.15) is 0 Å². The van der Waals surface area contributed by atoms with Crippen LogP contribution in [0, 0.1) is 6.92 Å². The Bertz CT molecular complexity index is 821. The zero-order chi connectivity index (χ0) is 20.0. The number of aryl methyl sites for hydroxylation is 1. The summed E-state index contributed by atoms with van der Waals surface area (Å²) < 4.78 is 10.4. The summed E-state index contributed by atoms with van der Waals surface area (Å²) in [4.78, 5) is 25.9. The van der Waals surface area contributed by atoms with Crippen molar-refractivity contribution in [1.82, 2.24) is 0 Å². The number of halogens is 1. The van der Waals surface area contributed by atoms with E-state index in [2.05, 4.69) is 5.32 Å². The third kappa shape index (κ3) is 5.37. The van der Waals surface area contributed by atoms with Crippen LogP contribution in [0.25, 0.3) is 0 Å². The Balaban J connectivity index is 2.08. The van der Waals surface area contributed by atoms with Gasteiger partial charge in [-0.3, -0.25) is 9.59 Å². The molecule has 0 aromatic heterocycles. The van der Waals surface area contributed by atoms with Gasteiger partial charge in [0.1, 0.15) is 11.5 Å². The molecule has 2 aromatic carbocycles. The average Bonchev–Trinajstić information content (AvgIpc) is 2.64. The van der Waals surface area contributed by atoms with Gasteiger partial charge < -0.3 is 19.7 Å². The van der Waals surface area contributed by atoms with Crippen LogP contribution in [0.2, 0.25) is 5.02 Å². The molecule has 0 aliphatic carbocycles. The van der Waals surface area contributed by atoms with E-state index in [9.17, 15) is 9.59 Å². The highest BCUT2D eigenvalue weighted by Gasteiger charge is 2.16. The van der Waals surface area contributed by atoms with E-state index in [4.69, 9.17) is 21.1 Å². The molecule has 0 saturated heterocycles. The molecule has 0 atom stereocenters. The Morgan fingerprint density at radius 2 is 1.70 bits per heavy atom. The highest BCUT2D eigenvalue weighted by Crippen LogP contribution is 2.35. The summed E-state index contributed by atoms with van der Waals surface area (Å²) in [5.74, 6) is 0.474. The predicted octanol–water partition coefficient (Wildman–Crippen LogP) is 4.05. The van der Waals surface area contributed by atoms with E-state index < -0.39 is 0 Å². The van der Waals surface area contributed by atoms with E-state index in [0.29, 0.717) is 22.2 Å². The van der Waals surface area contributed by atoms with E-state index in [0.717, 1.165) is 11.3 Å². The fourth-order valence-corrected chi connectivity index (χ4v) is 2.81. The Kier molecular flexibility index (Phi) is 7.07. The van der Waals surface area contributed by atoms with Crippen LogP contribution in [-0.4, -0.2) is 32.6 Å². The Hall–Kier alpha value is -2.73. The van der Waals surface area contributed by atoms with Crippen LogP contribution in [-0.2, 0) is 9.59 Å². The summed E-state index contributed by atoms with van der Waals surface area (Å²) >= 11 is 6.07. The summed E-state index contributed by atoms with van der Waals surface area (Å²) in [6.07, 6.45) is 0.127. The minimum Gasteiger partial charge on any atom is -0.495 e. The lowest BCUT2D eigenvalue weighted by molar-refractivity contribution is -0.117. The molecule has 0 unspecified atom stereocenters. The van der Waals surface area contributed by atoms with Crippen LogP contribution in [0.3, 0.4) is 0 Å². The minimum atomic E-state index is -0.254. The van der Waals surface area contributed by atoms with Gasteiger partial charge in [-0.05, 0) is 19.1 Å². The van der Waals surface area contributed by atoms with Crippen molar-refractivity contribution in [2.45, 2.75) is 20.3 Å². The maximum atomic E-state index is 12.4. The molecule has 0 aliphatic rings. The molecule has 0 bridgehead atoms. The van der Waals surface area contributed by atoms with Crippen molar-refractivity contribution in [2.24, 2.45) is 0 Å². The first-order chi connectivity index (χ1) is 12.8. The molecule has 144 valence electrons. The molecule has 0 spiro atoms. The lowest BCUT2D eigenvalue weighted by Gasteiger charge is -2.21. The number of carbonyl (C=O) groups is 2. The predicted molar refractivity (Wildman–Crippen MR) is 107 cm³/mol. The molecule has 0 heterocycles. The highest BCUT2D eigenvalue weighted by atomic mass is 35.5.